The number of halogens is 8. The molecule has 1 aliphatic heterocycles. The molecule has 8 nitrogen and oxygen atoms in total. The third-order valence-corrected chi connectivity index (χ3v) is 9.79. The van der Waals surface area contributed by atoms with Gasteiger partial charge in [0.25, 0.3) is 0 Å². The molecular formula is C30H26Cl2F6N6O2S. The molecule has 0 unspecified atom stereocenters. The molecule has 47 heavy (non-hydrogen) atoms. The number of alkyl halides is 6. The number of thiazole rings is 1. The number of aromatic nitrogens is 3. The van der Waals surface area contributed by atoms with E-state index in [2.05, 4.69) is 19.9 Å². The van der Waals surface area contributed by atoms with Crippen LogP contribution in [0.2, 0.25) is 10.0 Å². The monoisotopic (exact) mass is 718 g/mol. The fraction of sp³-hybridized carbons (Fsp3) is 0.400. The highest BCUT2D eigenvalue weighted by atomic mass is 35.5. The molecule has 1 saturated heterocycles. The van der Waals surface area contributed by atoms with Crippen LogP contribution in [0, 0.1) is 0 Å². The van der Waals surface area contributed by atoms with E-state index in [4.69, 9.17) is 28.0 Å². The number of fused-ring (bicyclic) bond motifs is 1. The van der Waals surface area contributed by atoms with Gasteiger partial charge in [0.05, 0.1) is 11.3 Å². The molecule has 0 spiro atoms. The standard InChI is InChI=1S/C30H26Cl2F6N6O2S/c31-21-6-3-7-22(32)20(21)16-23-39-24-25(44(46-27(45)30(36,37)38)19-10-8-17(9-11-19)29(33,34)35)40-28(41-26(24)47-23)43-14-12-42(13-15-43)18-4-1-2-5-18/h3,6-11,18H,1-2,4-5,12-16H2. The summed E-state index contributed by atoms with van der Waals surface area (Å²) in [6.07, 6.45) is -5.40. The number of nitrogens with zero attached hydrogens (tertiary/aromatic N) is 6. The SMILES string of the molecule is O=C(ON(c1ccc(C(F)(F)F)cc1)c1nc(N2CCN(C3CCCC3)CC2)nc2sc(Cc3c(Cl)cccc3Cl)nc12)C(F)(F)F. The van der Waals surface area contributed by atoms with E-state index >= 15 is 0 Å². The average Bonchev–Trinajstić information content (AvgIpc) is 3.71. The molecule has 2 aromatic carbocycles. The van der Waals surface area contributed by atoms with Crippen LogP contribution < -0.4 is 9.96 Å². The van der Waals surface area contributed by atoms with Crippen LogP contribution in [0.15, 0.2) is 42.5 Å². The Labute approximate surface area is 278 Å². The van der Waals surface area contributed by atoms with Crippen LogP contribution in [-0.2, 0) is 22.2 Å². The number of anilines is 3. The van der Waals surface area contributed by atoms with Crippen molar-refractivity contribution in [2.75, 3.05) is 36.1 Å². The minimum atomic E-state index is -5.43. The summed E-state index contributed by atoms with van der Waals surface area (Å²) in [4.78, 5) is 35.3. The normalized spacial score (nSPS) is 16.6. The summed E-state index contributed by atoms with van der Waals surface area (Å²) in [7, 11) is 0. The molecule has 2 fully saturated rings. The number of hydrogen-bond acceptors (Lipinski definition) is 9. The number of carbonyl (C=O) groups excluding carboxylic acids is 1. The molecular weight excluding hydrogens is 693 g/mol. The van der Waals surface area contributed by atoms with Gasteiger partial charge in [0.2, 0.25) is 11.8 Å². The molecule has 6 rings (SSSR count). The summed E-state index contributed by atoms with van der Waals surface area (Å²) in [5.41, 5.74) is -0.854. The quantitative estimate of drug-likeness (QED) is 0.140. The molecule has 4 aromatic rings. The number of piperazine rings is 1. The van der Waals surface area contributed by atoms with Crippen molar-refractivity contribution in [3.05, 3.63) is 68.6 Å². The summed E-state index contributed by atoms with van der Waals surface area (Å²) < 4.78 is 80.5. The van der Waals surface area contributed by atoms with Gasteiger partial charge in [0, 0.05) is 48.7 Å². The molecule has 2 aliphatic rings. The molecule has 17 heteroatoms. The summed E-state index contributed by atoms with van der Waals surface area (Å²) in [6.45, 7) is 2.47. The molecule has 250 valence electrons. The maximum atomic E-state index is 13.5. The number of rotatable bonds is 7. The third-order valence-electron chi connectivity index (χ3n) is 8.13. The van der Waals surface area contributed by atoms with Gasteiger partial charge in [0.15, 0.2) is 4.83 Å². The second kappa shape index (κ2) is 13.2. The molecule has 0 bridgehead atoms. The van der Waals surface area contributed by atoms with Crippen molar-refractivity contribution in [2.45, 2.75) is 50.5 Å². The van der Waals surface area contributed by atoms with Gasteiger partial charge in [-0.2, -0.15) is 41.4 Å². The predicted molar refractivity (Wildman–Crippen MR) is 166 cm³/mol. The molecule has 0 N–H and O–H groups in total. The zero-order chi connectivity index (χ0) is 33.5. The summed E-state index contributed by atoms with van der Waals surface area (Å²) >= 11 is 13.9. The Balaban J connectivity index is 1.44. The number of benzene rings is 2. The van der Waals surface area contributed by atoms with E-state index in [1.54, 1.807) is 18.2 Å². The van der Waals surface area contributed by atoms with E-state index in [0.717, 1.165) is 36.3 Å². The second-order valence-electron chi connectivity index (χ2n) is 11.2. The van der Waals surface area contributed by atoms with Crippen LogP contribution in [0.1, 0.15) is 41.8 Å². The van der Waals surface area contributed by atoms with Crippen molar-refractivity contribution >= 4 is 68.3 Å². The third kappa shape index (κ3) is 7.37. The Morgan fingerprint density at radius 2 is 1.55 bits per heavy atom. The highest BCUT2D eigenvalue weighted by molar-refractivity contribution is 7.18. The lowest BCUT2D eigenvalue weighted by Crippen LogP contribution is -2.50. The summed E-state index contributed by atoms with van der Waals surface area (Å²) in [5, 5.41) is 1.61. The smallest absolute Gasteiger partial charge is 0.338 e. The Hall–Kier alpha value is -3.40. The van der Waals surface area contributed by atoms with E-state index in [1.807, 2.05) is 4.90 Å². The van der Waals surface area contributed by atoms with Gasteiger partial charge in [-0.05, 0) is 54.8 Å². The van der Waals surface area contributed by atoms with Crippen LogP contribution in [-0.4, -0.2) is 64.2 Å². The van der Waals surface area contributed by atoms with E-state index < -0.39 is 23.9 Å². The zero-order valence-electron chi connectivity index (χ0n) is 24.4. The predicted octanol–water partition coefficient (Wildman–Crippen LogP) is 8.23. The van der Waals surface area contributed by atoms with Crippen molar-refractivity contribution in [3.8, 4) is 0 Å². The second-order valence-corrected chi connectivity index (χ2v) is 13.0. The van der Waals surface area contributed by atoms with Gasteiger partial charge < -0.3 is 9.74 Å². The number of hydrogen-bond donors (Lipinski definition) is 0. The fourth-order valence-electron chi connectivity index (χ4n) is 5.75. The van der Waals surface area contributed by atoms with Crippen molar-refractivity contribution in [3.63, 3.8) is 0 Å². The first-order valence-corrected chi connectivity index (χ1v) is 16.2. The van der Waals surface area contributed by atoms with Crippen LogP contribution in [0.25, 0.3) is 10.3 Å². The molecule has 0 radical (unpaired) electrons. The van der Waals surface area contributed by atoms with E-state index in [1.165, 1.54) is 12.8 Å². The van der Waals surface area contributed by atoms with Crippen LogP contribution in [0.5, 0.6) is 0 Å². The van der Waals surface area contributed by atoms with Gasteiger partial charge in [-0.15, -0.1) is 0 Å². The highest BCUT2D eigenvalue weighted by Crippen LogP contribution is 2.39. The van der Waals surface area contributed by atoms with Crippen molar-refractivity contribution in [1.82, 2.24) is 19.9 Å². The molecule has 0 amide bonds. The first kappa shape index (κ1) is 33.5. The molecule has 1 saturated carbocycles. The number of carbonyl (C=O) groups is 1. The van der Waals surface area contributed by atoms with E-state index in [-0.39, 0.29) is 34.2 Å². The Kier molecular flexibility index (Phi) is 9.44. The van der Waals surface area contributed by atoms with E-state index in [9.17, 15) is 31.1 Å². The molecule has 2 aromatic heterocycles. The first-order valence-electron chi connectivity index (χ1n) is 14.6. The van der Waals surface area contributed by atoms with Gasteiger partial charge in [-0.3, -0.25) is 4.90 Å². The minimum absolute atomic E-state index is 0.0311. The minimum Gasteiger partial charge on any atom is -0.338 e. The van der Waals surface area contributed by atoms with Crippen molar-refractivity contribution in [1.29, 1.82) is 0 Å². The Morgan fingerprint density at radius 1 is 0.915 bits per heavy atom. The maximum Gasteiger partial charge on any atom is 0.493 e. The van der Waals surface area contributed by atoms with Gasteiger partial charge in [0.1, 0.15) is 10.5 Å². The largest absolute Gasteiger partial charge is 0.493 e. The Bertz CT molecular complexity index is 1740. The molecule has 3 heterocycles. The summed E-state index contributed by atoms with van der Waals surface area (Å²) in [6, 6.07) is 8.56. The topological polar surface area (TPSA) is 74.7 Å². The highest BCUT2D eigenvalue weighted by Gasteiger charge is 2.44. The maximum absolute atomic E-state index is 13.5. The van der Waals surface area contributed by atoms with Crippen molar-refractivity contribution in [2.24, 2.45) is 0 Å². The van der Waals surface area contributed by atoms with Crippen LogP contribution in [0.3, 0.4) is 0 Å². The van der Waals surface area contributed by atoms with Gasteiger partial charge >= 0.3 is 18.3 Å². The molecule has 0 atom stereocenters. The van der Waals surface area contributed by atoms with E-state index in [0.29, 0.717) is 70.0 Å². The lowest BCUT2D eigenvalue weighted by atomic mass is 10.1. The van der Waals surface area contributed by atoms with Gasteiger partial charge in [-0.25, -0.2) is 9.78 Å². The summed E-state index contributed by atoms with van der Waals surface area (Å²) in [5.74, 6) is -2.81. The van der Waals surface area contributed by atoms with Crippen molar-refractivity contribution < 1.29 is 36.0 Å². The Morgan fingerprint density at radius 3 is 2.15 bits per heavy atom. The average molecular weight is 720 g/mol. The zero-order valence-corrected chi connectivity index (χ0v) is 26.7. The fourth-order valence-corrected chi connectivity index (χ4v) is 7.22. The van der Waals surface area contributed by atoms with Crippen LogP contribution in [0.4, 0.5) is 43.8 Å². The lowest BCUT2D eigenvalue weighted by Gasteiger charge is -2.38. The lowest BCUT2D eigenvalue weighted by molar-refractivity contribution is -0.199. The van der Waals surface area contributed by atoms with Gasteiger partial charge in [-0.1, -0.05) is 53.4 Å². The molecule has 1 aliphatic carbocycles. The van der Waals surface area contributed by atoms with Crippen LogP contribution >= 0.6 is 34.5 Å². The first-order chi connectivity index (χ1) is 22.3.